The second-order valence-corrected chi connectivity index (χ2v) is 5.29. The van der Waals surface area contributed by atoms with E-state index in [0.29, 0.717) is 6.04 Å². The van der Waals surface area contributed by atoms with Crippen molar-refractivity contribution in [3.63, 3.8) is 0 Å². The van der Waals surface area contributed by atoms with Gasteiger partial charge in [0.2, 0.25) is 0 Å². The van der Waals surface area contributed by atoms with E-state index in [4.69, 9.17) is 0 Å². The van der Waals surface area contributed by atoms with Gasteiger partial charge >= 0.3 is 0 Å². The first-order chi connectivity index (χ1) is 7.84. The summed E-state index contributed by atoms with van der Waals surface area (Å²) in [5.74, 6) is 0. The van der Waals surface area contributed by atoms with Crippen LogP contribution in [-0.4, -0.2) is 25.7 Å². The largest absolute Gasteiger partial charge is 0.315 e. The molecule has 0 amide bonds. The maximum Gasteiger partial charge on any atom is 0.0192 e. The van der Waals surface area contributed by atoms with Crippen molar-refractivity contribution in [1.82, 2.24) is 10.6 Å². The average Bonchev–Trinajstić information content (AvgIpc) is 2.80. The summed E-state index contributed by atoms with van der Waals surface area (Å²) in [6.45, 7) is 3.37. The lowest BCUT2D eigenvalue weighted by atomic mass is 10.1. The highest BCUT2D eigenvalue weighted by Gasteiger charge is 2.12. The van der Waals surface area contributed by atoms with Crippen molar-refractivity contribution in [3.8, 4) is 0 Å². The first kappa shape index (κ1) is 12.1. The zero-order valence-electron chi connectivity index (χ0n) is 9.51. The number of hydrogen-bond donors (Lipinski definition) is 2. The lowest BCUT2D eigenvalue weighted by Gasteiger charge is -2.11. The quantitative estimate of drug-likeness (QED) is 0.810. The Labute approximate surface area is 106 Å². The molecule has 3 heteroatoms. The zero-order chi connectivity index (χ0) is 11.2. The molecule has 1 heterocycles. The van der Waals surface area contributed by atoms with Crippen LogP contribution >= 0.6 is 15.9 Å². The van der Waals surface area contributed by atoms with Gasteiger partial charge < -0.3 is 10.6 Å². The van der Waals surface area contributed by atoms with Crippen LogP contribution in [0.4, 0.5) is 0 Å². The molecule has 0 saturated carbocycles. The Morgan fingerprint density at radius 1 is 1.31 bits per heavy atom. The topological polar surface area (TPSA) is 24.1 Å². The van der Waals surface area contributed by atoms with Crippen LogP contribution in [0.15, 0.2) is 28.7 Å². The van der Waals surface area contributed by atoms with Gasteiger partial charge in [-0.15, -0.1) is 0 Å². The maximum absolute atomic E-state index is 3.52. The van der Waals surface area contributed by atoms with Crippen LogP contribution in [0.5, 0.6) is 0 Å². The highest BCUT2D eigenvalue weighted by atomic mass is 79.9. The van der Waals surface area contributed by atoms with Gasteiger partial charge in [0.1, 0.15) is 0 Å². The molecule has 1 saturated heterocycles. The highest BCUT2D eigenvalue weighted by Crippen LogP contribution is 2.10. The number of nitrogens with one attached hydrogen (secondary N) is 2. The Morgan fingerprint density at radius 2 is 2.12 bits per heavy atom. The molecule has 16 heavy (non-hydrogen) atoms. The van der Waals surface area contributed by atoms with Gasteiger partial charge in [-0.05, 0) is 50.0 Å². The first-order valence-electron chi connectivity index (χ1n) is 6.03. The number of halogens is 1. The van der Waals surface area contributed by atoms with E-state index in [2.05, 4.69) is 50.8 Å². The molecule has 1 fully saturated rings. The van der Waals surface area contributed by atoms with Crippen molar-refractivity contribution in [3.05, 3.63) is 34.3 Å². The number of hydrogen-bond acceptors (Lipinski definition) is 2. The fraction of sp³-hybridized carbons (Fsp3) is 0.538. The van der Waals surface area contributed by atoms with E-state index >= 15 is 0 Å². The second-order valence-electron chi connectivity index (χ2n) is 4.37. The Kier molecular flexibility index (Phi) is 4.82. The van der Waals surface area contributed by atoms with Crippen LogP contribution < -0.4 is 10.6 Å². The minimum atomic E-state index is 0.699. The Balaban J connectivity index is 1.62. The monoisotopic (exact) mass is 282 g/mol. The molecule has 1 aromatic carbocycles. The smallest absolute Gasteiger partial charge is 0.0192 e. The van der Waals surface area contributed by atoms with E-state index in [0.717, 1.165) is 24.0 Å². The van der Waals surface area contributed by atoms with Crippen LogP contribution in [0.1, 0.15) is 18.4 Å². The number of rotatable bonds is 5. The van der Waals surface area contributed by atoms with E-state index in [-0.39, 0.29) is 0 Å². The van der Waals surface area contributed by atoms with Gasteiger partial charge in [-0.25, -0.2) is 0 Å². The van der Waals surface area contributed by atoms with Crippen molar-refractivity contribution in [1.29, 1.82) is 0 Å². The normalized spacial score (nSPS) is 20.2. The van der Waals surface area contributed by atoms with Crippen LogP contribution in [-0.2, 0) is 6.42 Å². The minimum absolute atomic E-state index is 0.699. The minimum Gasteiger partial charge on any atom is -0.315 e. The standard InChI is InChI=1S/C13H19BrN2/c14-12-5-3-11(4-6-12)7-9-15-10-13-2-1-8-16-13/h3-6,13,15-16H,1-2,7-10H2. The second kappa shape index (κ2) is 6.38. The molecule has 0 radical (unpaired) electrons. The van der Waals surface area contributed by atoms with Crippen LogP contribution in [0.2, 0.25) is 0 Å². The van der Waals surface area contributed by atoms with Crippen LogP contribution in [0, 0.1) is 0 Å². The molecule has 2 nitrogen and oxygen atoms in total. The van der Waals surface area contributed by atoms with Gasteiger partial charge in [0.05, 0.1) is 0 Å². The van der Waals surface area contributed by atoms with E-state index < -0.39 is 0 Å². The molecule has 0 aliphatic carbocycles. The molecule has 1 unspecified atom stereocenters. The molecule has 1 aromatic rings. The molecule has 1 aliphatic heterocycles. The molecular formula is C13H19BrN2. The molecule has 88 valence electrons. The average molecular weight is 283 g/mol. The summed E-state index contributed by atoms with van der Waals surface area (Å²) in [5, 5.41) is 7.01. The lowest BCUT2D eigenvalue weighted by molar-refractivity contribution is 0.537. The zero-order valence-corrected chi connectivity index (χ0v) is 11.1. The summed E-state index contributed by atoms with van der Waals surface area (Å²) < 4.78 is 1.15. The molecule has 0 bridgehead atoms. The SMILES string of the molecule is Brc1ccc(CCNCC2CCCN2)cc1. The van der Waals surface area contributed by atoms with Crippen molar-refractivity contribution < 1.29 is 0 Å². The summed E-state index contributed by atoms with van der Waals surface area (Å²) >= 11 is 3.45. The Hall–Kier alpha value is -0.380. The summed E-state index contributed by atoms with van der Waals surface area (Å²) in [6.07, 6.45) is 3.77. The molecule has 0 aromatic heterocycles. The van der Waals surface area contributed by atoms with Crippen LogP contribution in [0.3, 0.4) is 0 Å². The third-order valence-electron chi connectivity index (χ3n) is 3.06. The van der Waals surface area contributed by atoms with Gasteiger partial charge in [-0.3, -0.25) is 0 Å². The van der Waals surface area contributed by atoms with E-state index in [1.54, 1.807) is 0 Å². The summed E-state index contributed by atoms with van der Waals surface area (Å²) in [7, 11) is 0. The van der Waals surface area contributed by atoms with Crippen molar-refractivity contribution >= 4 is 15.9 Å². The number of benzene rings is 1. The van der Waals surface area contributed by atoms with Gasteiger partial charge in [0.15, 0.2) is 0 Å². The van der Waals surface area contributed by atoms with E-state index in [1.165, 1.54) is 24.9 Å². The predicted molar refractivity (Wildman–Crippen MR) is 71.7 cm³/mol. The fourth-order valence-electron chi connectivity index (χ4n) is 2.09. The van der Waals surface area contributed by atoms with Gasteiger partial charge in [-0.1, -0.05) is 28.1 Å². The third-order valence-corrected chi connectivity index (χ3v) is 3.59. The molecule has 1 atom stereocenters. The van der Waals surface area contributed by atoms with Crippen LogP contribution in [0.25, 0.3) is 0 Å². The van der Waals surface area contributed by atoms with Gasteiger partial charge in [-0.2, -0.15) is 0 Å². The molecule has 0 spiro atoms. The van der Waals surface area contributed by atoms with Crippen molar-refractivity contribution in [2.45, 2.75) is 25.3 Å². The van der Waals surface area contributed by atoms with Gasteiger partial charge in [0, 0.05) is 17.1 Å². The Bertz CT molecular complexity index is 304. The highest BCUT2D eigenvalue weighted by molar-refractivity contribution is 9.10. The molecule has 1 aliphatic rings. The van der Waals surface area contributed by atoms with Gasteiger partial charge in [0.25, 0.3) is 0 Å². The molecule has 2 N–H and O–H groups in total. The summed E-state index contributed by atoms with van der Waals surface area (Å²) in [4.78, 5) is 0. The predicted octanol–water partition coefficient (Wildman–Crippen LogP) is 2.33. The van der Waals surface area contributed by atoms with Crippen molar-refractivity contribution in [2.24, 2.45) is 0 Å². The summed E-state index contributed by atoms with van der Waals surface area (Å²) in [5.41, 5.74) is 1.40. The van der Waals surface area contributed by atoms with E-state index in [9.17, 15) is 0 Å². The van der Waals surface area contributed by atoms with Crippen molar-refractivity contribution in [2.75, 3.05) is 19.6 Å². The lowest BCUT2D eigenvalue weighted by Crippen LogP contribution is -2.34. The fourth-order valence-corrected chi connectivity index (χ4v) is 2.36. The first-order valence-corrected chi connectivity index (χ1v) is 6.82. The molecular weight excluding hydrogens is 264 g/mol. The molecule has 2 rings (SSSR count). The maximum atomic E-state index is 3.52. The Morgan fingerprint density at radius 3 is 2.81 bits per heavy atom. The van der Waals surface area contributed by atoms with E-state index in [1.807, 2.05) is 0 Å². The third kappa shape index (κ3) is 3.89. The summed E-state index contributed by atoms with van der Waals surface area (Å²) in [6, 6.07) is 9.27.